The van der Waals surface area contributed by atoms with Crippen LogP contribution in [0.3, 0.4) is 0 Å². The number of hydrogen-bond acceptors (Lipinski definition) is 2. The topological polar surface area (TPSA) is 46.5 Å². The Bertz CT molecular complexity index is 362. The van der Waals surface area contributed by atoms with Crippen LogP contribution in [0.25, 0.3) is 0 Å². The Morgan fingerprint density at radius 1 is 1.62 bits per heavy atom. The number of fused-ring (bicyclic) bond motifs is 1. The molecule has 1 heterocycles. The third-order valence-corrected chi connectivity index (χ3v) is 2.07. The van der Waals surface area contributed by atoms with E-state index in [0.717, 1.165) is 5.56 Å². The van der Waals surface area contributed by atoms with Gasteiger partial charge in [-0.2, -0.15) is 0 Å². The van der Waals surface area contributed by atoms with Crippen LogP contribution in [-0.2, 0) is 0 Å². The standard InChI is InChI=1S/C9H7BO3/c10-7-4-13-8-2-1-5(9(11)12)3-6(7)8/h1-3,7H,4H2,(H,11,12). The first-order valence-electron chi connectivity index (χ1n) is 3.94. The Kier molecular flexibility index (Phi) is 1.76. The van der Waals surface area contributed by atoms with Gasteiger partial charge >= 0.3 is 5.97 Å². The zero-order valence-corrected chi connectivity index (χ0v) is 6.86. The largest absolute Gasteiger partial charge is 0.493 e. The molecule has 1 aromatic rings. The van der Waals surface area contributed by atoms with Gasteiger partial charge in [0.15, 0.2) is 0 Å². The van der Waals surface area contributed by atoms with Crippen LogP contribution < -0.4 is 4.74 Å². The molecular formula is C9H7BO3. The Morgan fingerprint density at radius 3 is 3.08 bits per heavy atom. The van der Waals surface area contributed by atoms with E-state index in [4.69, 9.17) is 17.7 Å². The minimum atomic E-state index is -0.943. The molecule has 0 amide bonds. The van der Waals surface area contributed by atoms with E-state index in [1.54, 1.807) is 12.1 Å². The molecule has 0 saturated carbocycles. The predicted molar refractivity (Wildman–Crippen MR) is 47.4 cm³/mol. The molecule has 0 spiro atoms. The number of ether oxygens (including phenoxy) is 1. The van der Waals surface area contributed by atoms with Crippen LogP contribution in [0, 0.1) is 0 Å². The number of aromatic carboxylic acids is 1. The third kappa shape index (κ3) is 1.28. The van der Waals surface area contributed by atoms with Gasteiger partial charge in [0.2, 0.25) is 0 Å². The minimum Gasteiger partial charge on any atom is -0.493 e. The maximum Gasteiger partial charge on any atom is 0.335 e. The summed E-state index contributed by atoms with van der Waals surface area (Å²) < 4.78 is 5.23. The zero-order valence-electron chi connectivity index (χ0n) is 6.86. The van der Waals surface area contributed by atoms with E-state index in [1.165, 1.54) is 6.07 Å². The summed E-state index contributed by atoms with van der Waals surface area (Å²) in [5.74, 6) is -0.450. The second kappa shape index (κ2) is 2.80. The van der Waals surface area contributed by atoms with E-state index in [1.807, 2.05) is 0 Å². The number of carbonyl (C=O) groups is 1. The van der Waals surface area contributed by atoms with Gasteiger partial charge in [0.05, 0.1) is 20.0 Å². The molecule has 1 aliphatic rings. The summed E-state index contributed by atoms with van der Waals surface area (Å²) in [6.07, 6.45) is 0. The number of rotatable bonds is 1. The summed E-state index contributed by atoms with van der Waals surface area (Å²) in [5.41, 5.74) is 1.03. The van der Waals surface area contributed by atoms with Crippen molar-refractivity contribution in [2.45, 2.75) is 5.82 Å². The molecule has 1 aliphatic heterocycles. The molecule has 64 valence electrons. The quantitative estimate of drug-likeness (QED) is 0.645. The minimum absolute atomic E-state index is 0.200. The van der Waals surface area contributed by atoms with E-state index >= 15 is 0 Å². The van der Waals surface area contributed by atoms with Gasteiger partial charge in [-0.15, -0.1) is 0 Å². The van der Waals surface area contributed by atoms with Crippen LogP contribution in [0.5, 0.6) is 5.75 Å². The average molecular weight is 174 g/mol. The summed E-state index contributed by atoms with van der Waals surface area (Å²) in [5, 5.41) is 8.72. The fourth-order valence-electron chi connectivity index (χ4n) is 1.37. The lowest BCUT2D eigenvalue weighted by Gasteiger charge is -2.01. The molecule has 3 nitrogen and oxygen atoms in total. The van der Waals surface area contributed by atoms with Crippen molar-refractivity contribution in [2.24, 2.45) is 0 Å². The van der Waals surface area contributed by atoms with Gasteiger partial charge in [-0.05, 0) is 29.6 Å². The van der Waals surface area contributed by atoms with Crippen molar-refractivity contribution in [3.05, 3.63) is 29.3 Å². The molecule has 0 aromatic heterocycles. The first-order valence-corrected chi connectivity index (χ1v) is 3.94. The molecule has 1 aromatic carbocycles. The van der Waals surface area contributed by atoms with Crippen LogP contribution in [0.4, 0.5) is 0 Å². The molecule has 4 heteroatoms. The predicted octanol–water partition coefficient (Wildman–Crippen LogP) is 0.987. The van der Waals surface area contributed by atoms with E-state index in [2.05, 4.69) is 0 Å². The summed E-state index contributed by atoms with van der Waals surface area (Å²) in [7, 11) is 5.70. The number of carboxylic acid groups (broad SMARTS) is 1. The fourth-order valence-corrected chi connectivity index (χ4v) is 1.37. The second-order valence-corrected chi connectivity index (χ2v) is 2.98. The molecule has 0 aliphatic carbocycles. The summed E-state index contributed by atoms with van der Waals surface area (Å²) in [4.78, 5) is 10.6. The van der Waals surface area contributed by atoms with Crippen LogP contribution in [-0.4, -0.2) is 25.5 Å². The molecular weight excluding hydrogens is 167 g/mol. The van der Waals surface area contributed by atoms with Crippen molar-refractivity contribution in [3.8, 4) is 5.75 Å². The molecule has 0 saturated heterocycles. The van der Waals surface area contributed by atoms with Crippen molar-refractivity contribution in [1.29, 1.82) is 0 Å². The SMILES string of the molecule is [B]C1COc2ccc(C(=O)O)cc21. The lowest BCUT2D eigenvalue weighted by atomic mass is 9.82. The third-order valence-electron chi connectivity index (χ3n) is 2.07. The van der Waals surface area contributed by atoms with Crippen LogP contribution in [0.1, 0.15) is 21.7 Å². The van der Waals surface area contributed by atoms with E-state index in [9.17, 15) is 4.79 Å². The summed E-state index contributed by atoms with van der Waals surface area (Å²) in [6, 6.07) is 4.72. The number of carboxylic acids is 1. The molecule has 2 rings (SSSR count). The summed E-state index contributed by atoms with van der Waals surface area (Å²) >= 11 is 0. The van der Waals surface area contributed by atoms with E-state index in [-0.39, 0.29) is 11.4 Å². The average Bonchev–Trinajstić information content (AvgIpc) is 2.47. The molecule has 1 atom stereocenters. The maximum atomic E-state index is 10.6. The van der Waals surface area contributed by atoms with Crippen molar-refractivity contribution < 1.29 is 14.6 Å². The van der Waals surface area contributed by atoms with Gasteiger partial charge in [0.1, 0.15) is 5.75 Å². The Morgan fingerprint density at radius 2 is 2.38 bits per heavy atom. The monoisotopic (exact) mass is 174 g/mol. The van der Waals surface area contributed by atoms with Crippen molar-refractivity contribution in [1.82, 2.24) is 0 Å². The number of hydrogen-bond donors (Lipinski definition) is 1. The molecule has 1 N–H and O–H groups in total. The van der Waals surface area contributed by atoms with E-state index in [0.29, 0.717) is 12.4 Å². The van der Waals surface area contributed by atoms with E-state index < -0.39 is 5.97 Å². The summed E-state index contributed by atoms with van der Waals surface area (Å²) in [6.45, 7) is 0.429. The van der Waals surface area contributed by atoms with Crippen molar-refractivity contribution in [3.63, 3.8) is 0 Å². The normalized spacial score (nSPS) is 19.2. The van der Waals surface area contributed by atoms with Crippen LogP contribution in [0.15, 0.2) is 18.2 Å². The number of benzene rings is 1. The fraction of sp³-hybridized carbons (Fsp3) is 0.222. The Hall–Kier alpha value is -1.45. The Balaban J connectivity index is 2.47. The molecule has 0 bridgehead atoms. The maximum absolute atomic E-state index is 10.6. The first kappa shape index (κ1) is 8.17. The van der Waals surface area contributed by atoms with Gasteiger partial charge in [-0.3, -0.25) is 0 Å². The van der Waals surface area contributed by atoms with Gasteiger partial charge < -0.3 is 9.84 Å². The lowest BCUT2D eigenvalue weighted by molar-refractivity contribution is 0.0697. The van der Waals surface area contributed by atoms with Crippen LogP contribution >= 0.6 is 0 Å². The molecule has 13 heavy (non-hydrogen) atoms. The van der Waals surface area contributed by atoms with Crippen molar-refractivity contribution in [2.75, 3.05) is 6.61 Å². The molecule has 1 unspecified atom stereocenters. The highest BCUT2D eigenvalue weighted by molar-refractivity contribution is 6.13. The highest BCUT2D eigenvalue weighted by atomic mass is 16.5. The Labute approximate surface area is 76.7 Å². The smallest absolute Gasteiger partial charge is 0.335 e. The molecule has 2 radical (unpaired) electrons. The van der Waals surface area contributed by atoms with Gasteiger partial charge in [0, 0.05) is 0 Å². The second-order valence-electron chi connectivity index (χ2n) is 2.98. The highest BCUT2D eigenvalue weighted by Gasteiger charge is 2.20. The van der Waals surface area contributed by atoms with Crippen LogP contribution in [0.2, 0.25) is 0 Å². The molecule has 0 fully saturated rings. The zero-order chi connectivity index (χ0) is 9.42. The highest BCUT2D eigenvalue weighted by Crippen LogP contribution is 2.32. The van der Waals surface area contributed by atoms with Gasteiger partial charge in [0.25, 0.3) is 0 Å². The van der Waals surface area contributed by atoms with Gasteiger partial charge in [-0.1, -0.05) is 0 Å². The van der Waals surface area contributed by atoms with Gasteiger partial charge in [-0.25, -0.2) is 4.79 Å². The first-order chi connectivity index (χ1) is 6.18. The van der Waals surface area contributed by atoms with Crippen molar-refractivity contribution >= 4 is 13.8 Å². The lowest BCUT2D eigenvalue weighted by Crippen LogP contribution is -2.00.